The highest BCUT2D eigenvalue weighted by Gasteiger charge is 2.63. The number of Topliss-reactive ketones (excluding diaryl/α,β-unsaturated/α-hetero) is 2. The predicted molar refractivity (Wildman–Crippen MR) is 221 cm³/mol. The van der Waals surface area contributed by atoms with Crippen LogP contribution in [0.1, 0.15) is 141 Å². The third-order valence-corrected chi connectivity index (χ3v) is 15.4. The minimum Gasteiger partial charge on any atom is -0.392 e. The molecule has 5 heterocycles. The number of carbonyl (C=O) groups excluding carboxylic acids is 2. The second-order valence-corrected chi connectivity index (χ2v) is 19.4. The van der Waals surface area contributed by atoms with Gasteiger partial charge in [0.05, 0.1) is 60.4 Å². The number of aliphatic hydroxyl groups is 2. The maximum atomic E-state index is 14.6. The molecule has 0 aliphatic carbocycles. The Morgan fingerprint density at radius 2 is 1.56 bits per heavy atom. The average Bonchev–Trinajstić information content (AvgIpc) is 3.51. The van der Waals surface area contributed by atoms with Gasteiger partial charge < -0.3 is 33.9 Å². The van der Waals surface area contributed by atoms with Gasteiger partial charge in [-0.15, -0.1) is 6.42 Å². The molecule has 3 N–H and O–H groups in total. The molecular formula is C47H77NO9. The zero-order chi connectivity index (χ0) is 42.2. The zero-order valence-electron chi connectivity index (χ0n) is 37.2. The molecular weight excluding hydrogens is 723 g/mol. The number of terminal acetylenes is 1. The molecule has 0 aromatic heterocycles. The fourth-order valence-corrected chi connectivity index (χ4v) is 11.6. The van der Waals surface area contributed by atoms with Crippen molar-refractivity contribution in [2.45, 2.75) is 206 Å². The van der Waals surface area contributed by atoms with Gasteiger partial charge in [0, 0.05) is 36.0 Å². The molecule has 5 rings (SSSR count). The zero-order valence-corrected chi connectivity index (χ0v) is 37.2. The third kappa shape index (κ3) is 8.89. The summed E-state index contributed by atoms with van der Waals surface area (Å²) in [5, 5.41) is 26.5. The van der Waals surface area contributed by atoms with E-state index in [0.717, 1.165) is 12.8 Å². The first-order chi connectivity index (χ1) is 26.8. The first-order valence-electron chi connectivity index (χ1n) is 22.5. The molecule has 5 aliphatic heterocycles. The van der Waals surface area contributed by atoms with Crippen LogP contribution < -0.4 is 5.32 Å². The van der Waals surface area contributed by atoms with Gasteiger partial charge in [-0.25, -0.2) is 0 Å². The summed E-state index contributed by atoms with van der Waals surface area (Å²) in [6, 6.07) is -0.349. The van der Waals surface area contributed by atoms with Gasteiger partial charge in [-0.2, -0.15) is 0 Å². The number of hydrogen-bond donors (Lipinski definition) is 3. The van der Waals surface area contributed by atoms with E-state index in [1.807, 2.05) is 47.6 Å². The molecule has 10 nitrogen and oxygen atoms in total. The third-order valence-electron chi connectivity index (χ3n) is 15.4. The lowest BCUT2D eigenvalue weighted by atomic mass is 9.71. The molecule has 2 spiro atoms. The van der Waals surface area contributed by atoms with Crippen molar-refractivity contribution >= 4 is 11.6 Å². The minimum atomic E-state index is -1.16. The van der Waals surface area contributed by atoms with Crippen LogP contribution in [0.25, 0.3) is 0 Å². The standard InChI is InChI=1S/C47H77NO9/c1-14-24-48-37-18-21-46(57-47(37)23-22-44(13,56-47)38-19-20-45(52,17-4)34(12)53-38)30(8)26-29(7)43(55-46)36(16-3)40(51)31(9)39(50)32(10)41-27(5)25-28(6)42(54-41)35(15-2)33(11)49/h1,18,21,27-32,34-39,41-43,48,50,52H,15-17,19-20,22-26H2,2-13H3/t27-,28-,29-,30+,31-,32-,34-,35-,36-,37+,38+,39+,41+,42+,43-,44-,45+,46-,47-/m0/s1. The number of ether oxygens (including phenoxy) is 5. The molecule has 0 saturated carbocycles. The minimum absolute atomic E-state index is 0.0229. The van der Waals surface area contributed by atoms with E-state index < -0.39 is 46.8 Å². The summed E-state index contributed by atoms with van der Waals surface area (Å²) in [6.07, 6.45) is 13.5. The summed E-state index contributed by atoms with van der Waals surface area (Å²) in [6.45, 7) is 24.4. The van der Waals surface area contributed by atoms with Gasteiger partial charge >= 0.3 is 0 Å². The number of aliphatic hydroxyl groups excluding tert-OH is 1. The highest BCUT2D eigenvalue weighted by molar-refractivity contribution is 5.84. The van der Waals surface area contributed by atoms with Crippen LogP contribution in [-0.4, -0.2) is 93.8 Å². The molecule has 4 saturated heterocycles. The summed E-state index contributed by atoms with van der Waals surface area (Å²) in [7, 11) is 0. The summed E-state index contributed by atoms with van der Waals surface area (Å²) in [4.78, 5) is 27.2. The molecule has 10 heteroatoms. The van der Waals surface area contributed by atoms with Gasteiger partial charge in [-0.1, -0.05) is 74.3 Å². The van der Waals surface area contributed by atoms with E-state index in [9.17, 15) is 19.8 Å². The Labute approximate surface area is 344 Å². The molecule has 0 radical (unpaired) electrons. The quantitative estimate of drug-likeness (QED) is 0.123. The molecule has 0 unspecified atom stereocenters. The van der Waals surface area contributed by atoms with Crippen molar-refractivity contribution < 1.29 is 43.5 Å². The molecule has 0 bridgehead atoms. The fourth-order valence-electron chi connectivity index (χ4n) is 11.6. The Bertz CT molecular complexity index is 1480. The SMILES string of the molecule is C#CCN[C@@H]1C=C[C@]2(O[C@H]([C@@H](CC)C(=O)[C@@H](C)[C@@H](O)[C@H](C)[C@@H]3O[C@@H]([C@@H](CC)C(C)=O)[C@@H](C)C[C@@H]3C)[C@@H](C)C[C@H]2C)O[C@@]12CC[C@@](C)([C@H]1CC[C@](O)(CC)[C@H](C)O1)O2. The number of carbonyl (C=O) groups is 2. The van der Waals surface area contributed by atoms with E-state index >= 15 is 0 Å². The van der Waals surface area contributed by atoms with Gasteiger partial charge in [-0.3, -0.25) is 14.9 Å². The first kappa shape index (κ1) is 46.4. The van der Waals surface area contributed by atoms with Crippen molar-refractivity contribution in [2.75, 3.05) is 6.54 Å². The van der Waals surface area contributed by atoms with Gasteiger partial charge in [-0.05, 0) is 96.0 Å². The second kappa shape index (κ2) is 18.1. The van der Waals surface area contributed by atoms with E-state index in [1.165, 1.54) is 0 Å². The maximum Gasteiger partial charge on any atom is 0.194 e. The van der Waals surface area contributed by atoms with Gasteiger partial charge in [0.25, 0.3) is 0 Å². The lowest BCUT2D eigenvalue weighted by Gasteiger charge is -2.55. The predicted octanol–water partition coefficient (Wildman–Crippen LogP) is 7.17. The number of hydrogen-bond acceptors (Lipinski definition) is 10. The molecule has 4 fully saturated rings. The van der Waals surface area contributed by atoms with Gasteiger partial charge in [0.1, 0.15) is 11.6 Å². The Hall–Kier alpha value is -1.68. The van der Waals surface area contributed by atoms with E-state index in [2.05, 4.69) is 51.9 Å². The number of ketones is 2. The van der Waals surface area contributed by atoms with E-state index in [0.29, 0.717) is 51.5 Å². The molecule has 19 atom stereocenters. The summed E-state index contributed by atoms with van der Waals surface area (Å²) < 4.78 is 34.8. The van der Waals surface area contributed by atoms with Crippen LogP contribution in [0, 0.1) is 59.7 Å². The van der Waals surface area contributed by atoms with Crippen LogP contribution in [-0.2, 0) is 33.3 Å². The van der Waals surface area contributed by atoms with Gasteiger partial charge in [0.2, 0.25) is 0 Å². The van der Waals surface area contributed by atoms with Crippen LogP contribution in [0.5, 0.6) is 0 Å². The molecule has 0 aromatic rings. The van der Waals surface area contributed by atoms with E-state index in [4.69, 9.17) is 30.1 Å². The Morgan fingerprint density at radius 3 is 2.16 bits per heavy atom. The number of rotatable bonds is 14. The van der Waals surface area contributed by atoms with E-state index in [-0.39, 0.29) is 77.5 Å². The average molecular weight is 800 g/mol. The van der Waals surface area contributed by atoms with E-state index in [1.54, 1.807) is 6.92 Å². The van der Waals surface area contributed by atoms with Crippen LogP contribution in [0.3, 0.4) is 0 Å². The van der Waals surface area contributed by atoms with Crippen molar-refractivity contribution in [3.63, 3.8) is 0 Å². The molecule has 324 valence electrons. The largest absolute Gasteiger partial charge is 0.392 e. The molecule has 0 amide bonds. The van der Waals surface area contributed by atoms with Crippen LogP contribution in [0.15, 0.2) is 12.2 Å². The molecule has 57 heavy (non-hydrogen) atoms. The smallest absolute Gasteiger partial charge is 0.194 e. The summed E-state index contributed by atoms with van der Waals surface area (Å²) >= 11 is 0. The maximum absolute atomic E-state index is 14.6. The summed E-state index contributed by atoms with van der Waals surface area (Å²) in [5.74, 6) is -0.692. The number of nitrogens with one attached hydrogen (secondary N) is 1. The highest BCUT2D eigenvalue weighted by Crippen LogP contribution is 2.54. The van der Waals surface area contributed by atoms with Crippen LogP contribution >= 0.6 is 0 Å². The summed E-state index contributed by atoms with van der Waals surface area (Å²) in [5.41, 5.74) is -1.54. The van der Waals surface area contributed by atoms with Gasteiger partial charge in [0.15, 0.2) is 11.6 Å². The van der Waals surface area contributed by atoms with Crippen LogP contribution in [0.4, 0.5) is 0 Å². The topological polar surface area (TPSA) is 133 Å². The highest BCUT2D eigenvalue weighted by atomic mass is 16.8. The van der Waals surface area contributed by atoms with Crippen molar-refractivity contribution in [2.24, 2.45) is 47.3 Å². The first-order valence-corrected chi connectivity index (χ1v) is 22.5. The molecule has 5 aliphatic rings. The Balaban J connectivity index is 1.36. The monoisotopic (exact) mass is 800 g/mol. The lowest BCUT2D eigenvalue weighted by Crippen LogP contribution is -2.65. The van der Waals surface area contributed by atoms with Crippen molar-refractivity contribution in [3.8, 4) is 12.3 Å². The van der Waals surface area contributed by atoms with Crippen LogP contribution in [0.2, 0.25) is 0 Å². The Morgan fingerprint density at radius 1 is 0.912 bits per heavy atom. The van der Waals surface area contributed by atoms with Crippen molar-refractivity contribution in [1.29, 1.82) is 0 Å². The van der Waals surface area contributed by atoms with Crippen molar-refractivity contribution in [1.82, 2.24) is 5.32 Å². The normalized spacial score (nSPS) is 44.9. The second-order valence-electron chi connectivity index (χ2n) is 19.4. The Kier molecular flexibility index (Phi) is 14.7. The fraction of sp³-hybridized carbons (Fsp3) is 0.872. The lowest BCUT2D eigenvalue weighted by molar-refractivity contribution is -0.398. The van der Waals surface area contributed by atoms with Crippen molar-refractivity contribution in [3.05, 3.63) is 12.2 Å². The molecule has 0 aromatic carbocycles.